The molecule has 2 heterocycles. The monoisotopic (exact) mass is 231 g/mol. The maximum Gasteiger partial charge on any atom is 0.358 e. The van der Waals surface area contributed by atoms with Crippen LogP contribution in [0.1, 0.15) is 23.1 Å². The summed E-state index contributed by atoms with van der Waals surface area (Å²) in [5.41, 5.74) is 1.86. The number of hydrogen-bond donors (Lipinski definition) is 1. The third-order valence-corrected chi connectivity index (χ3v) is 2.29. The summed E-state index contributed by atoms with van der Waals surface area (Å²) in [6.45, 7) is 3.90. The summed E-state index contributed by atoms with van der Waals surface area (Å²) in [6.07, 6.45) is 3.37. The van der Waals surface area contributed by atoms with Gasteiger partial charge in [0.2, 0.25) is 0 Å². The van der Waals surface area contributed by atoms with Gasteiger partial charge in [-0.25, -0.2) is 9.78 Å². The van der Waals surface area contributed by atoms with Crippen molar-refractivity contribution in [3.05, 3.63) is 35.9 Å². The van der Waals surface area contributed by atoms with E-state index in [0.717, 1.165) is 5.56 Å². The zero-order valence-electron chi connectivity index (χ0n) is 9.73. The highest BCUT2D eigenvalue weighted by atomic mass is 16.5. The molecule has 0 atom stereocenters. The van der Waals surface area contributed by atoms with E-state index in [4.69, 9.17) is 4.74 Å². The van der Waals surface area contributed by atoms with Crippen molar-refractivity contribution in [3.8, 4) is 11.4 Å². The SMILES string of the molecule is CCOC(=O)c1nc(-c2cccnc2)[nH]c1C. The van der Waals surface area contributed by atoms with Crippen LogP contribution in [0.2, 0.25) is 0 Å². The number of aromatic nitrogens is 3. The molecule has 0 aromatic carbocycles. The molecule has 2 rings (SSSR count). The average Bonchev–Trinajstić information content (AvgIpc) is 2.73. The maximum absolute atomic E-state index is 11.6. The lowest BCUT2D eigenvalue weighted by molar-refractivity contribution is 0.0519. The Morgan fingerprint density at radius 3 is 3.00 bits per heavy atom. The molecule has 0 amide bonds. The van der Waals surface area contributed by atoms with Gasteiger partial charge in [-0.05, 0) is 26.0 Å². The van der Waals surface area contributed by atoms with Gasteiger partial charge >= 0.3 is 5.97 Å². The van der Waals surface area contributed by atoms with Crippen molar-refractivity contribution in [2.24, 2.45) is 0 Å². The number of rotatable bonds is 3. The number of esters is 1. The van der Waals surface area contributed by atoms with E-state index >= 15 is 0 Å². The molecule has 0 radical (unpaired) electrons. The minimum atomic E-state index is -0.406. The van der Waals surface area contributed by atoms with Gasteiger partial charge in [0, 0.05) is 23.7 Å². The van der Waals surface area contributed by atoms with Crippen LogP contribution in [0, 0.1) is 6.92 Å². The molecule has 0 saturated carbocycles. The van der Waals surface area contributed by atoms with Gasteiger partial charge < -0.3 is 9.72 Å². The Kier molecular flexibility index (Phi) is 3.18. The molecule has 0 aliphatic heterocycles. The quantitative estimate of drug-likeness (QED) is 0.820. The number of pyridine rings is 1. The number of aryl methyl sites for hydroxylation is 1. The minimum Gasteiger partial charge on any atom is -0.461 e. The van der Waals surface area contributed by atoms with E-state index in [1.807, 2.05) is 12.1 Å². The summed E-state index contributed by atoms with van der Waals surface area (Å²) in [4.78, 5) is 22.9. The van der Waals surface area contributed by atoms with Crippen molar-refractivity contribution < 1.29 is 9.53 Å². The molecule has 1 N–H and O–H groups in total. The number of imidazole rings is 1. The number of nitrogens with one attached hydrogen (secondary N) is 1. The van der Waals surface area contributed by atoms with Gasteiger partial charge in [0.25, 0.3) is 0 Å². The zero-order chi connectivity index (χ0) is 12.3. The number of carbonyl (C=O) groups is 1. The van der Waals surface area contributed by atoms with Crippen LogP contribution < -0.4 is 0 Å². The molecule has 0 bridgehead atoms. The first kappa shape index (κ1) is 11.3. The molecular weight excluding hydrogens is 218 g/mol. The second kappa shape index (κ2) is 4.78. The van der Waals surface area contributed by atoms with E-state index < -0.39 is 5.97 Å². The molecule has 0 saturated heterocycles. The predicted octanol–water partition coefficient (Wildman–Crippen LogP) is 1.96. The number of hydrogen-bond acceptors (Lipinski definition) is 4. The molecular formula is C12H13N3O2. The molecule has 5 heteroatoms. The summed E-state index contributed by atoms with van der Waals surface area (Å²) < 4.78 is 4.92. The molecule has 17 heavy (non-hydrogen) atoms. The fraction of sp³-hybridized carbons (Fsp3) is 0.250. The Morgan fingerprint density at radius 1 is 1.53 bits per heavy atom. The molecule has 88 valence electrons. The molecule has 5 nitrogen and oxygen atoms in total. The van der Waals surface area contributed by atoms with Gasteiger partial charge in [-0.15, -0.1) is 0 Å². The summed E-state index contributed by atoms with van der Waals surface area (Å²) in [7, 11) is 0. The lowest BCUT2D eigenvalue weighted by Crippen LogP contribution is -2.06. The Hall–Kier alpha value is -2.17. The first-order valence-electron chi connectivity index (χ1n) is 5.36. The van der Waals surface area contributed by atoms with Crippen LogP contribution in [0.25, 0.3) is 11.4 Å². The van der Waals surface area contributed by atoms with Gasteiger partial charge in [0.1, 0.15) is 5.82 Å². The molecule has 0 aliphatic carbocycles. The third-order valence-electron chi connectivity index (χ3n) is 2.29. The first-order valence-corrected chi connectivity index (χ1v) is 5.36. The molecule has 0 spiro atoms. The smallest absolute Gasteiger partial charge is 0.358 e. The van der Waals surface area contributed by atoms with Gasteiger partial charge in [0.05, 0.1) is 6.61 Å². The van der Waals surface area contributed by atoms with Crippen molar-refractivity contribution in [1.82, 2.24) is 15.0 Å². The van der Waals surface area contributed by atoms with Crippen molar-refractivity contribution in [1.29, 1.82) is 0 Å². The van der Waals surface area contributed by atoms with Crippen LogP contribution in [0.3, 0.4) is 0 Å². The van der Waals surface area contributed by atoms with Crippen LogP contribution in [-0.2, 0) is 4.74 Å². The molecule has 0 aliphatic rings. The Bertz CT molecular complexity index is 520. The number of carbonyl (C=O) groups excluding carboxylic acids is 1. The highest BCUT2D eigenvalue weighted by molar-refractivity contribution is 5.89. The second-order valence-corrected chi connectivity index (χ2v) is 3.52. The molecule has 2 aromatic rings. The Labute approximate surface area is 98.9 Å². The van der Waals surface area contributed by atoms with E-state index in [1.54, 1.807) is 26.2 Å². The largest absolute Gasteiger partial charge is 0.461 e. The van der Waals surface area contributed by atoms with Crippen molar-refractivity contribution in [2.75, 3.05) is 6.61 Å². The average molecular weight is 231 g/mol. The molecule has 2 aromatic heterocycles. The van der Waals surface area contributed by atoms with Crippen LogP contribution in [0.5, 0.6) is 0 Å². The lowest BCUT2D eigenvalue weighted by atomic mass is 10.3. The summed E-state index contributed by atoms with van der Waals surface area (Å²) in [5, 5.41) is 0. The number of nitrogens with zero attached hydrogens (tertiary/aromatic N) is 2. The van der Waals surface area contributed by atoms with E-state index in [2.05, 4.69) is 15.0 Å². The fourth-order valence-corrected chi connectivity index (χ4v) is 1.50. The molecule has 0 unspecified atom stereocenters. The fourth-order valence-electron chi connectivity index (χ4n) is 1.50. The van der Waals surface area contributed by atoms with Gasteiger partial charge in [0.15, 0.2) is 5.69 Å². The predicted molar refractivity (Wildman–Crippen MR) is 62.5 cm³/mol. The van der Waals surface area contributed by atoms with Crippen LogP contribution in [0.15, 0.2) is 24.5 Å². The summed E-state index contributed by atoms with van der Waals surface area (Å²) in [6, 6.07) is 3.69. The first-order chi connectivity index (χ1) is 8.22. The van der Waals surface area contributed by atoms with Crippen LogP contribution in [-0.4, -0.2) is 27.5 Å². The normalized spacial score (nSPS) is 10.2. The van der Waals surface area contributed by atoms with Gasteiger partial charge in [-0.3, -0.25) is 4.98 Å². The Balaban J connectivity index is 2.34. The van der Waals surface area contributed by atoms with Crippen LogP contribution >= 0.6 is 0 Å². The standard InChI is InChI=1S/C12H13N3O2/c1-3-17-12(16)10-8(2)14-11(15-10)9-5-4-6-13-7-9/h4-7H,3H2,1-2H3,(H,14,15). The molecule has 0 fully saturated rings. The van der Waals surface area contributed by atoms with Gasteiger partial charge in [-0.2, -0.15) is 0 Å². The number of H-pyrrole nitrogens is 1. The highest BCUT2D eigenvalue weighted by Crippen LogP contribution is 2.17. The highest BCUT2D eigenvalue weighted by Gasteiger charge is 2.16. The van der Waals surface area contributed by atoms with Crippen molar-refractivity contribution >= 4 is 5.97 Å². The number of aromatic amines is 1. The van der Waals surface area contributed by atoms with Gasteiger partial charge in [-0.1, -0.05) is 0 Å². The number of ether oxygens (including phenoxy) is 1. The maximum atomic E-state index is 11.6. The van der Waals surface area contributed by atoms with Crippen molar-refractivity contribution in [2.45, 2.75) is 13.8 Å². The van der Waals surface area contributed by atoms with Crippen LogP contribution in [0.4, 0.5) is 0 Å². The van der Waals surface area contributed by atoms with E-state index in [9.17, 15) is 4.79 Å². The zero-order valence-corrected chi connectivity index (χ0v) is 9.73. The Morgan fingerprint density at radius 2 is 2.35 bits per heavy atom. The second-order valence-electron chi connectivity index (χ2n) is 3.52. The summed E-state index contributed by atoms with van der Waals surface area (Å²) in [5.74, 6) is 0.218. The van der Waals surface area contributed by atoms with E-state index in [0.29, 0.717) is 23.8 Å². The minimum absolute atomic E-state index is 0.325. The van der Waals surface area contributed by atoms with Crippen molar-refractivity contribution in [3.63, 3.8) is 0 Å². The topological polar surface area (TPSA) is 67.9 Å². The third kappa shape index (κ3) is 2.33. The summed E-state index contributed by atoms with van der Waals surface area (Å²) >= 11 is 0. The van der Waals surface area contributed by atoms with E-state index in [-0.39, 0.29) is 0 Å². The lowest BCUT2D eigenvalue weighted by Gasteiger charge is -1.97. The van der Waals surface area contributed by atoms with E-state index in [1.165, 1.54) is 0 Å².